The number of likely N-dealkylation sites (N-methyl/N-ethyl adjacent to an activating group) is 1. The number of amides is 4. The van der Waals surface area contributed by atoms with Gasteiger partial charge in [0.05, 0.1) is 6.04 Å². The van der Waals surface area contributed by atoms with E-state index in [-0.39, 0.29) is 30.4 Å². The Morgan fingerprint density at radius 3 is 2.80 bits per heavy atom. The Bertz CT molecular complexity index is 674. The number of fused-ring (bicyclic) bond motifs is 1. The van der Waals surface area contributed by atoms with E-state index in [1.165, 1.54) is 20.9 Å². The zero-order valence-electron chi connectivity index (χ0n) is 14.7. The summed E-state index contributed by atoms with van der Waals surface area (Å²) in [4.78, 5) is 38.5. The molecule has 1 heterocycles. The summed E-state index contributed by atoms with van der Waals surface area (Å²) in [5.41, 5.74) is 2.54. The molecule has 1 aliphatic heterocycles. The molecule has 0 bridgehead atoms. The molecule has 1 aromatic carbocycles. The van der Waals surface area contributed by atoms with Crippen LogP contribution in [0.4, 0.5) is 4.79 Å². The first-order valence-electron chi connectivity index (χ1n) is 8.99. The van der Waals surface area contributed by atoms with Crippen molar-refractivity contribution in [2.24, 2.45) is 0 Å². The number of urea groups is 1. The summed E-state index contributed by atoms with van der Waals surface area (Å²) in [6.45, 7) is 0.431. The molecule has 1 aromatic rings. The zero-order valence-corrected chi connectivity index (χ0v) is 14.7. The fraction of sp³-hybridized carbons (Fsp3) is 0.526. The molecule has 6 nitrogen and oxygen atoms in total. The lowest BCUT2D eigenvalue weighted by Gasteiger charge is -2.20. The van der Waals surface area contributed by atoms with E-state index in [0.29, 0.717) is 19.4 Å². The second-order valence-corrected chi connectivity index (χ2v) is 6.85. The van der Waals surface area contributed by atoms with Gasteiger partial charge in [-0.25, -0.2) is 4.79 Å². The molecule has 1 atom stereocenters. The molecule has 134 valence electrons. The van der Waals surface area contributed by atoms with Gasteiger partial charge in [0, 0.05) is 20.0 Å². The number of hydrogen-bond donors (Lipinski definition) is 1. The highest BCUT2D eigenvalue weighted by Crippen LogP contribution is 2.28. The number of rotatable bonds is 5. The van der Waals surface area contributed by atoms with E-state index in [1.54, 1.807) is 7.05 Å². The second-order valence-electron chi connectivity index (χ2n) is 6.85. The lowest BCUT2D eigenvalue weighted by molar-refractivity contribution is -0.126. The van der Waals surface area contributed by atoms with Crippen LogP contribution in [-0.2, 0) is 16.0 Å². The van der Waals surface area contributed by atoms with Gasteiger partial charge in [-0.05, 0) is 36.8 Å². The van der Waals surface area contributed by atoms with E-state index in [1.807, 2.05) is 12.1 Å². The van der Waals surface area contributed by atoms with Crippen LogP contribution in [-0.4, -0.2) is 47.8 Å². The van der Waals surface area contributed by atoms with Crippen LogP contribution in [0.5, 0.6) is 0 Å². The maximum absolute atomic E-state index is 12.3. The number of benzene rings is 1. The Kier molecular flexibility index (Phi) is 5.36. The second kappa shape index (κ2) is 7.68. The molecule has 1 saturated heterocycles. The van der Waals surface area contributed by atoms with Crippen molar-refractivity contribution in [1.82, 2.24) is 15.1 Å². The maximum atomic E-state index is 12.3. The minimum absolute atomic E-state index is 0.0193. The van der Waals surface area contributed by atoms with E-state index in [4.69, 9.17) is 0 Å². The van der Waals surface area contributed by atoms with Crippen LogP contribution < -0.4 is 5.32 Å². The molecule has 3 rings (SSSR count). The summed E-state index contributed by atoms with van der Waals surface area (Å²) in [6.07, 6.45) is 5.08. The minimum Gasteiger partial charge on any atom is -0.349 e. The summed E-state index contributed by atoms with van der Waals surface area (Å²) < 4.78 is 0. The van der Waals surface area contributed by atoms with Crippen molar-refractivity contribution >= 4 is 17.8 Å². The fourth-order valence-corrected chi connectivity index (χ4v) is 3.62. The standard InChI is InChI=1S/C19H25N3O3/c1-21-13-18(24)22(19(21)25)12-6-11-17(23)20-16-10-5-3-8-14-7-2-4-9-15(14)16/h2,4,7,9,16H,3,5-6,8,10-13H2,1H3,(H,20,23). The zero-order chi connectivity index (χ0) is 17.8. The highest BCUT2D eigenvalue weighted by molar-refractivity contribution is 6.01. The number of hydrogen-bond acceptors (Lipinski definition) is 3. The molecule has 1 fully saturated rings. The molecular formula is C19H25N3O3. The van der Waals surface area contributed by atoms with Gasteiger partial charge in [0.1, 0.15) is 6.54 Å². The van der Waals surface area contributed by atoms with Gasteiger partial charge < -0.3 is 10.2 Å². The van der Waals surface area contributed by atoms with Crippen molar-refractivity contribution in [2.75, 3.05) is 20.1 Å². The monoisotopic (exact) mass is 343 g/mol. The van der Waals surface area contributed by atoms with Gasteiger partial charge in [0.2, 0.25) is 11.8 Å². The minimum atomic E-state index is -0.275. The van der Waals surface area contributed by atoms with E-state index in [2.05, 4.69) is 17.4 Å². The lowest BCUT2D eigenvalue weighted by atomic mass is 9.99. The van der Waals surface area contributed by atoms with Gasteiger partial charge in [0.15, 0.2) is 0 Å². The van der Waals surface area contributed by atoms with Crippen molar-refractivity contribution in [2.45, 2.75) is 44.6 Å². The summed E-state index contributed by atoms with van der Waals surface area (Å²) in [7, 11) is 1.61. The molecule has 1 unspecified atom stereocenters. The van der Waals surface area contributed by atoms with Gasteiger partial charge >= 0.3 is 6.03 Å². The third kappa shape index (κ3) is 4.00. The lowest BCUT2D eigenvalue weighted by Crippen LogP contribution is -2.34. The average molecular weight is 343 g/mol. The Morgan fingerprint density at radius 2 is 2.04 bits per heavy atom. The van der Waals surface area contributed by atoms with Crippen molar-refractivity contribution in [3.8, 4) is 0 Å². The van der Waals surface area contributed by atoms with Gasteiger partial charge in [-0.1, -0.05) is 30.7 Å². The largest absolute Gasteiger partial charge is 0.349 e. The van der Waals surface area contributed by atoms with Crippen LogP contribution in [0.25, 0.3) is 0 Å². The SMILES string of the molecule is CN1CC(=O)N(CCCC(=O)NC2CCCCc3ccccc32)C1=O. The van der Waals surface area contributed by atoms with Crippen LogP contribution in [0.1, 0.15) is 49.3 Å². The smallest absolute Gasteiger partial charge is 0.326 e. The number of carbonyl (C=O) groups excluding carboxylic acids is 3. The first kappa shape index (κ1) is 17.5. The van der Waals surface area contributed by atoms with E-state index in [9.17, 15) is 14.4 Å². The predicted molar refractivity (Wildman–Crippen MR) is 93.9 cm³/mol. The molecule has 0 spiro atoms. The van der Waals surface area contributed by atoms with Crippen LogP contribution in [0, 0.1) is 0 Å². The first-order chi connectivity index (χ1) is 12.1. The van der Waals surface area contributed by atoms with E-state index in [0.717, 1.165) is 25.7 Å². The Hall–Kier alpha value is -2.37. The highest BCUT2D eigenvalue weighted by Gasteiger charge is 2.32. The van der Waals surface area contributed by atoms with Crippen LogP contribution in [0.15, 0.2) is 24.3 Å². The van der Waals surface area contributed by atoms with Gasteiger partial charge in [-0.3, -0.25) is 14.5 Å². The molecule has 0 aromatic heterocycles. The van der Waals surface area contributed by atoms with Crippen LogP contribution in [0.3, 0.4) is 0 Å². The van der Waals surface area contributed by atoms with Gasteiger partial charge in [-0.15, -0.1) is 0 Å². The van der Waals surface area contributed by atoms with Crippen LogP contribution in [0.2, 0.25) is 0 Å². The van der Waals surface area contributed by atoms with Gasteiger partial charge in [0.25, 0.3) is 0 Å². The summed E-state index contributed by atoms with van der Waals surface area (Å²) >= 11 is 0. The number of imide groups is 1. The number of nitrogens with one attached hydrogen (secondary N) is 1. The maximum Gasteiger partial charge on any atom is 0.326 e. The quantitative estimate of drug-likeness (QED) is 0.658. The van der Waals surface area contributed by atoms with E-state index >= 15 is 0 Å². The Labute approximate surface area is 148 Å². The molecule has 0 saturated carbocycles. The normalized spacial score (nSPS) is 20.4. The summed E-state index contributed by atoms with van der Waals surface area (Å²) in [6, 6.07) is 8.09. The number of carbonyl (C=O) groups is 3. The van der Waals surface area contributed by atoms with Crippen molar-refractivity contribution in [1.29, 1.82) is 0 Å². The van der Waals surface area contributed by atoms with E-state index < -0.39 is 0 Å². The fourth-order valence-electron chi connectivity index (χ4n) is 3.62. The summed E-state index contributed by atoms with van der Waals surface area (Å²) in [5, 5.41) is 3.13. The molecule has 1 N–H and O–H groups in total. The highest BCUT2D eigenvalue weighted by atomic mass is 16.2. The van der Waals surface area contributed by atoms with Crippen LogP contribution >= 0.6 is 0 Å². The molecule has 0 radical (unpaired) electrons. The topological polar surface area (TPSA) is 69.7 Å². The summed E-state index contributed by atoms with van der Waals surface area (Å²) in [5.74, 6) is -0.209. The number of aryl methyl sites for hydroxylation is 1. The third-order valence-corrected chi connectivity index (χ3v) is 4.97. The molecule has 1 aliphatic carbocycles. The predicted octanol–water partition coefficient (Wildman–Crippen LogP) is 2.24. The molecule has 4 amide bonds. The molecular weight excluding hydrogens is 318 g/mol. The van der Waals surface area contributed by atoms with Crippen molar-refractivity contribution in [3.05, 3.63) is 35.4 Å². The van der Waals surface area contributed by atoms with Gasteiger partial charge in [-0.2, -0.15) is 0 Å². The number of nitrogens with zero attached hydrogens (tertiary/aromatic N) is 2. The molecule has 6 heteroatoms. The Balaban J connectivity index is 1.51. The molecule has 25 heavy (non-hydrogen) atoms. The average Bonchev–Trinajstić information content (AvgIpc) is 2.76. The first-order valence-corrected chi connectivity index (χ1v) is 8.99. The van der Waals surface area contributed by atoms with Crippen molar-refractivity contribution < 1.29 is 14.4 Å². The third-order valence-electron chi connectivity index (χ3n) is 4.97. The molecule has 2 aliphatic rings. The Morgan fingerprint density at radius 1 is 1.24 bits per heavy atom. The van der Waals surface area contributed by atoms with Crippen molar-refractivity contribution in [3.63, 3.8) is 0 Å².